The van der Waals surface area contributed by atoms with Crippen LogP contribution in [0, 0.1) is 0 Å². The summed E-state index contributed by atoms with van der Waals surface area (Å²) in [5.74, 6) is -0.858. The maximum absolute atomic E-state index is 12.2. The van der Waals surface area contributed by atoms with Gasteiger partial charge in [0.2, 0.25) is 0 Å². The molecule has 0 amide bonds. The van der Waals surface area contributed by atoms with E-state index in [1.54, 1.807) is 0 Å². The summed E-state index contributed by atoms with van der Waals surface area (Å²) in [6.07, 6.45) is 0. The van der Waals surface area contributed by atoms with Crippen molar-refractivity contribution >= 4 is 79.1 Å². The average molecular weight is 634 g/mol. The zero-order valence-electron chi connectivity index (χ0n) is 19.2. The van der Waals surface area contributed by atoms with E-state index in [-0.39, 0.29) is 16.2 Å². The highest BCUT2D eigenvalue weighted by atomic mass is 32.2. The Morgan fingerprint density at radius 2 is 1.27 bits per heavy atom. The van der Waals surface area contributed by atoms with E-state index >= 15 is 0 Å². The van der Waals surface area contributed by atoms with Crippen molar-refractivity contribution in [3.63, 3.8) is 0 Å². The van der Waals surface area contributed by atoms with Crippen molar-refractivity contribution in [2.45, 2.75) is 19.6 Å². The highest BCUT2D eigenvalue weighted by Gasteiger charge is 2.26. The van der Waals surface area contributed by atoms with Crippen molar-refractivity contribution in [2.75, 3.05) is 5.73 Å². The van der Waals surface area contributed by atoms with Crippen LogP contribution in [0.1, 0.15) is 0 Å². The molecule has 0 saturated carbocycles. The van der Waals surface area contributed by atoms with Crippen LogP contribution in [0.2, 0.25) is 0 Å². The smallest absolute Gasteiger partial charge is 0.297 e. The molecule has 0 saturated heterocycles. The number of aromatic hydroxyl groups is 1. The van der Waals surface area contributed by atoms with Crippen LogP contribution in [0.4, 0.5) is 17.1 Å². The van der Waals surface area contributed by atoms with Gasteiger partial charge >= 0.3 is 0 Å². The molecule has 0 aromatic heterocycles. The molecule has 0 radical (unpaired) electrons. The maximum atomic E-state index is 12.2. The second kappa shape index (κ2) is 9.42. The van der Waals surface area contributed by atoms with Crippen molar-refractivity contribution < 1.29 is 57.0 Å². The van der Waals surface area contributed by atoms with Gasteiger partial charge in [0, 0.05) is 22.2 Å². The van der Waals surface area contributed by atoms with Crippen LogP contribution in [0.25, 0.3) is 21.5 Å². The number of benzene rings is 4. The van der Waals surface area contributed by atoms with Crippen LogP contribution in [-0.4, -0.2) is 57.0 Å². The fraction of sp³-hybridized carbons (Fsp3) is 0. The lowest BCUT2D eigenvalue weighted by atomic mass is 10.1. The fourth-order valence-corrected chi connectivity index (χ4v) is 6.65. The zero-order valence-corrected chi connectivity index (χ0v) is 22.5. The molecule has 7 N–H and O–H groups in total. The second-order valence-electron chi connectivity index (χ2n) is 8.04. The zero-order chi connectivity index (χ0) is 30.0. The number of phenolic OH excluding ortho intramolecular Hbond substituents is 1. The van der Waals surface area contributed by atoms with Gasteiger partial charge in [-0.15, -0.1) is 10.2 Å². The van der Waals surface area contributed by atoms with Gasteiger partial charge in [0.1, 0.15) is 31.8 Å². The minimum Gasteiger partial charge on any atom is -0.507 e. The Labute approximate surface area is 225 Å². The van der Waals surface area contributed by atoms with Crippen molar-refractivity contribution in [1.82, 2.24) is 0 Å². The molecule has 40 heavy (non-hydrogen) atoms. The molecule has 0 atom stereocenters. The number of fused-ring (bicyclic) bond motifs is 2. The van der Waals surface area contributed by atoms with Gasteiger partial charge < -0.3 is 10.8 Å². The molecule has 0 unspecified atom stereocenters. The first-order valence-corrected chi connectivity index (χ1v) is 15.9. The molecule has 20 heteroatoms. The van der Waals surface area contributed by atoms with Gasteiger partial charge in [-0.25, -0.2) is 0 Å². The molecule has 4 aromatic carbocycles. The normalized spacial score (nSPS) is 13.4. The lowest BCUT2D eigenvalue weighted by Gasteiger charge is -2.12. The molecule has 0 aliphatic rings. The Balaban J connectivity index is 2.06. The molecule has 4 aromatic rings. The quantitative estimate of drug-likeness (QED) is 0.101. The molecule has 4 rings (SSSR count). The monoisotopic (exact) mass is 633 g/mol. The number of rotatable bonds is 6. The van der Waals surface area contributed by atoms with Crippen molar-refractivity contribution in [2.24, 2.45) is 10.2 Å². The van der Waals surface area contributed by atoms with E-state index in [1.807, 2.05) is 0 Å². The summed E-state index contributed by atoms with van der Waals surface area (Å²) < 4.78 is 134. The van der Waals surface area contributed by atoms with Crippen LogP contribution >= 0.6 is 0 Å². The summed E-state index contributed by atoms with van der Waals surface area (Å²) in [7, 11) is -20.1. The molecule has 212 valence electrons. The van der Waals surface area contributed by atoms with E-state index in [0.29, 0.717) is 12.1 Å². The summed E-state index contributed by atoms with van der Waals surface area (Å²) in [5.41, 5.74) is 3.75. The van der Waals surface area contributed by atoms with Crippen LogP contribution in [0.15, 0.2) is 78.3 Å². The third-order valence-corrected chi connectivity index (χ3v) is 9.04. The fourth-order valence-electron chi connectivity index (χ4n) is 3.91. The Hall–Kier alpha value is -3.76. The van der Waals surface area contributed by atoms with E-state index in [4.69, 9.17) is 5.73 Å². The molecule has 16 nitrogen and oxygen atoms in total. The molecule has 0 fully saturated rings. The lowest BCUT2D eigenvalue weighted by Crippen LogP contribution is -2.04. The van der Waals surface area contributed by atoms with Gasteiger partial charge in [-0.2, -0.15) is 33.7 Å². The molecule has 0 aliphatic carbocycles. The van der Waals surface area contributed by atoms with Gasteiger partial charge in [-0.05, 0) is 29.7 Å². The van der Waals surface area contributed by atoms with Crippen molar-refractivity contribution in [1.29, 1.82) is 0 Å². The molecular weight excluding hydrogens is 618 g/mol. The van der Waals surface area contributed by atoms with Gasteiger partial charge in [0.05, 0.1) is 10.6 Å². The molecule has 0 heterocycles. The van der Waals surface area contributed by atoms with E-state index < -0.39 is 88.3 Å². The first-order valence-electron chi connectivity index (χ1n) is 10.2. The highest BCUT2D eigenvalue weighted by Crippen LogP contribution is 2.44. The largest absolute Gasteiger partial charge is 0.507 e. The lowest BCUT2D eigenvalue weighted by molar-refractivity contribution is 0.471. The van der Waals surface area contributed by atoms with Crippen molar-refractivity contribution in [3.05, 3.63) is 48.5 Å². The Morgan fingerprint density at radius 1 is 0.650 bits per heavy atom. The van der Waals surface area contributed by atoms with Gasteiger partial charge in [0.15, 0.2) is 0 Å². The number of nitrogens with zero attached hydrogens (tertiary/aromatic N) is 2. The van der Waals surface area contributed by atoms with E-state index in [2.05, 4.69) is 10.2 Å². The number of nitrogens with two attached hydrogens (primary N) is 1. The molecule has 0 bridgehead atoms. The Morgan fingerprint density at radius 3 is 1.82 bits per heavy atom. The summed E-state index contributed by atoms with van der Waals surface area (Å²) in [6.45, 7) is 0. The third kappa shape index (κ3) is 5.33. The predicted molar refractivity (Wildman–Crippen MR) is 137 cm³/mol. The number of phenols is 1. The highest BCUT2D eigenvalue weighted by molar-refractivity contribution is 7.87. The Bertz CT molecular complexity index is 2230. The van der Waals surface area contributed by atoms with Gasteiger partial charge in [0.25, 0.3) is 40.5 Å². The van der Waals surface area contributed by atoms with Crippen LogP contribution < -0.4 is 5.73 Å². The molecular formula is C20H15N3O13S4. The van der Waals surface area contributed by atoms with Crippen LogP contribution in [-0.2, 0) is 40.5 Å². The molecule has 0 aliphatic heterocycles. The summed E-state index contributed by atoms with van der Waals surface area (Å²) in [4.78, 5) is -3.61. The minimum atomic E-state index is -5.20. The number of nitrogen functional groups attached to an aromatic ring is 1. The van der Waals surface area contributed by atoms with Gasteiger partial charge in [-0.3, -0.25) is 18.2 Å². The van der Waals surface area contributed by atoms with Crippen LogP contribution in [0.5, 0.6) is 5.75 Å². The van der Waals surface area contributed by atoms with Crippen molar-refractivity contribution in [3.8, 4) is 5.75 Å². The van der Waals surface area contributed by atoms with E-state index in [9.17, 15) is 57.0 Å². The van der Waals surface area contributed by atoms with E-state index in [1.165, 1.54) is 0 Å². The number of anilines is 1. The number of hydrogen-bond acceptors (Lipinski definition) is 12. The Kier molecular flexibility index (Phi) is 6.88. The third-order valence-electron chi connectivity index (χ3n) is 5.49. The maximum Gasteiger partial charge on any atom is 0.297 e. The first-order chi connectivity index (χ1) is 18.2. The summed E-state index contributed by atoms with van der Waals surface area (Å²) in [6, 6.07) is 6.94. The minimum absolute atomic E-state index is 0.333. The van der Waals surface area contributed by atoms with E-state index in [0.717, 1.165) is 36.4 Å². The first kappa shape index (κ1) is 29.2. The number of azo groups is 1. The average Bonchev–Trinajstić information content (AvgIpc) is 2.79. The van der Waals surface area contributed by atoms with Crippen LogP contribution in [0.3, 0.4) is 0 Å². The summed E-state index contributed by atoms with van der Waals surface area (Å²) >= 11 is 0. The predicted octanol–water partition coefficient (Wildman–Crippen LogP) is 2.68. The summed E-state index contributed by atoms with van der Waals surface area (Å²) in [5, 5.41) is 16.0. The standard InChI is InChI=1S/C20H15N3O13S4/c21-18-17-9(6-10(8-14(17)24)37(25,26)27)7-16(39(31,32)33)19(18)23-22-13-5-4-11-12(20(13)40(34,35)36)2-1-3-15(11)38(28,29)30/h1-8,24H,21H2,(H,25,26,27)(H,28,29,30)(H,31,32,33)(H,34,35,36)/b23-22+. The van der Waals surface area contributed by atoms with Gasteiger partial charge in [-0.1, -0.05) is 18.2 Å². The topological polar surface area (TPSA) is 288 Å². The number of hydrogen-bond donors (Lipinski definition) is 6. The molecule has 0 spiro atoms. The second-order valence-corrected chi connectivity index (χ2v) is 13.6. The SMILES string of the molecule is Nc1c(/N=N/c2ccc3c(S(=O)(=O)O)cccc3c2S(=O)(=O)O)c(S(=O)(=O)O)cc2cc(S(=O)(=O)O)cc(O)c12.